The fourth-order valence-electron chi connectivity index (χ4n) is 2.49. The van der Waals surface area contributed by atoms with E-state index in [0.717, 1.165) is 31.6 Å². The number of rotatable bonds is 7. The van der Waals surface area contributed by atoms with E-state index in [1.807, 2.05) is 11.8 Å². The highest BCUT2D eigenvalue weighted by Crippen LogP contribution is 2.42. The summed E-state index contributed by atoms with van der Waals surface area (Å²) in [4.78, 5) is 4.16. The van der Waals surface area contributed by atoms with Crippen LogP contribution in [0.1, 0.15) is 30.7 Å². The van der Waals surface area contributed by atoms with E-state index in [-0.39, 0.29) is 41.5 Å². The summed E-state index contributed by atoms with van der Waals surface area (Å²) in [5, 5.41) is 6.48. The molecule has 2 rings (SSSR count). The van der Waals surface area contributed by atoms with Gasteiger partial charge < -0.3 is 10.6 Å². The summed E-state index contributed by atoms with van der Waals surface area (Å²) in [6.45, 7) is 0.853. The lowest BCUT2D eigenvalue weighted by Crippen LogP contribution is -2.39. The smallest absolute Gasteiger partial charge is 0.191 e. The van der Waals surface area contributed by atoms with Crippen molar-refractivity contribution in [3.63, 3.8) is 0 Å². The molecule has 1 aliphatic rings. The number of nitrogens with one attached hydrogen (secondary N) is 2. The van der Waals surface area contributed by atoms with Gasteiger partial charge in [0.1, 0.15) is 11.6 Å². The van der Waals surface area contributed by atoms with Crippen LogP contribution in [-0.2, 0) is 0 Å². The van der Waals surface area contributed by atoms with Gasteiger partial charge in [-0.15, -0.1) is 24.0 Å². The van der Waals surface area contributed by atoms with Crippen LogP contribution in [0.25, 0.3) is 0 Å². The molecule has 0 heterocycles. The second-order valence-electron chi connectivity index (χ2n) is 5.43. The summed E-state index contributed by atoms with van der Waals surface area (Å²) in [5.41, 5.74) is 0.190. The highest BCUT2D eigenvalue weighted by Gasteiger charge is 2.42. The minimum Gasteiger partial charge on any atom is -0.356 e. The molecule has 130 valence electrons. The van der Waals surface area contributed by atoms with Gasteiger partial charge in [0.05, 0.1) is 0 Å². The zero-order chi connectivity index (χ0) is 15.9. The maximum Gasteiger partial charge on any atom is 0.191 e. The Labute approximate surface area is 158 Å². The molecule has 1 aromatic rings. The van der Waals surface area contributed by atoms with Crippen molar-refractivity contribution in [3.8, 4) is 0 Å². The van der Waals surface area contributed by atoms with Crippen LogP contribution in [0.3, 0.4) is 0 Å². The second kappa shape index (κ2) is 10.3. The van der Waals surface area contributed by atoms with E-state index in [4.69, 9.17) is 0 Å². The van der Waals surface area contributed by atoms with Gasteiger partial charge in [0.25, 0.3) is 0 Å². The summed E-state index contributed by atoms with van der Waals surface area (Å²) in [6, 6.07) is 4.07. The number of hydrogen-bond donors (Lipinski definition) is 2. The SMILES string of the molecule is CN=C(NCCCCSC)NC1CC1c1c(F)cccc1F.I. The number of benzene rings is 1. The van der Waals surface area contributed by atoms with Crippen LogP contribution in [0.5, 0.6) is 0 Å². The van der Waals surface area contributed by atoms with Gasteiger partial charge in [-0.05, 0) is 43.4 Å². The lowest BCUT2D eigenvalue weighted by atomic mass is 10.1. The Hall–Kier alpha value is -0.570. The summed E-state index contributed by atoms with van der Waals surface area (Å²) in [6.07, 6.45) is 5.07. The third-order valence-corrected chi connectivity index (χ3v) is 4.47. The third-order valence-electron chi connectivity index (χ3n) is 3.77. The molecule has 0 saturated heterocycles. The number of aliphatic imine (C=N–C) groups is 1. The molecule has 0 amide bonds. The fourth-order valence-corrected chi connectivity index (χ4v) is 2.98. The summed E-state index contributed by atoms with van der Waals surface area (Å²) >= 11 is 1.84. The van der Waals surface area contributed by atoms with E-state index in [1.165, 1.54) is 18.2 Å². The number of thioether (sulfide) groups is 1. The molecule has 1 aliphatic carbocycles. The van der Waals surface area contributed by atoms with E-state index in [2.05, 4.69) is 21.9 Å². The Kier molecular flexibility index (Phi) is 9.19. The number of guanidine groups is 1. The molecule has 23 heavy (non-hydrogen) atoms. The van der Waals surface area contributed by atoms with E-state index in [1.54, 1.807) is 7.05 Å². The molecule has 0 aromatic heterocycles. The summed E-state index contributed by atoms with van der Waals surface area (Å²) in [7, 11) is 1.71. The van der Waals surface area contributed by atoms with Gasteiger partial charge in [-0.1, -0.05) is 6.07 Å². The van der Waals surface area contributed by atoms with Gasteiger partial charge in [-0.25, -0.2) is 8.78 Å². The number of unbranched alkanes of at least 4 members (excludes halogenated alkanes) is 1. The van der Waals surface area contributed by atoms with Crippen molar-refractivity contribution >= 4 is 41.7 Å². The molecule has 1 saturated carbocycles. The van der Waals surface area contributed by atoms with Crippen molar-refractivity contribution in [1.29, 1.82) is 0 Å². The van der Waals surface area contributed by atoms with Crippen molar-refractivity contribution in [3.05, 3.63) is 35.4 Å². The van der Waals surface area contributed by atoms with Gasteiger partial charge >= 0.3 is 0 Å². The minimum atomic E-state index is -0.464. The lowest BCUT2D eigenvalue weighted by molar-refractivity contribution is 0.553. The molecule has 7 heteroatoms. The van der Waals surface area contributed by atoms with Gasteiger partial charge in [0.2, 0.25) is 0 Å². The van der Waals surface area contributed by atoms with Crippen molar-refractivity contribution in [2.24, 2.45) is 4.99 Å². The molecule has 1 aromatic carbocycles. The molecule has 0 aliphatic heterocycles. The molecular weight excluding hydrogens is 431 g/mol. The van der Waals surface area contributed by atoms with Crippen molar-refractivity contribution in [1.82, 2.24) is 10.6 Å². The van der Waals surface area contributed by atoms with Crippen LogP contribution in [0, 0.1) is 11.6 Å². The van der Waals surface area contributed by atoms with Crippen LogP contribution in [0.15, 0.2) is 23.2 Å². The fraction of sp³-hybridized carbons (Fsp3) is 0.562. The minimum absolute atomic E-state index is 0. The van der Waals surface area contributed by atoms with Crippen LogP contribution >= 0.6 is 35.7 Å². The Morgan fingerprint density at radius 1 is 1.30 bits per heavy atom. The summed E-state index contributed by atoms with van der Waals surface area (Å²) in [5.74, 6) is 0.818. The maximum absolute atomic E-state index is 13.7. The molecule has 1 fully saturated rings. The molecule has 2 N–H and O–H groups in total. The number of nitrogens with zero attached hydrogens (tertiary/aromatic N) is 1. The first kappa shape index (κ1) is 20.5. The highest BCUT2D eigenvalue weighted by molar-refractivity contribution is 14.0. The predicted molar refractivity (Wildman–Crippen MR) is 105 cm³/mol. The Bertz CT molecular complexity index is 508. The van der Waals surface area contributed by atoms with Crippen LogP contribution in [-0.4, -0.2) is 37.6 Å². The molecule has 0 radical (unpaired) electrons. The first-order chi connectivity index (χ1) is 10.7. The van der Waals surface area contributed by atoms with Crippen LogP contribution in [0.2, 0.25) is 0 Å². The predicted octanol–water partition coefficient (Wildman–Crippen LogP) is 3.75. The molecule has 2 atom stereocenters. The van der Waals surface area contributed by atoms with Crippen LogP contribution in [0.4, 0.5) is 8.78 Å². The quantitative estimate of drug-likeness (QED) is 0.285. The van der Waals surface area contributed by atoms with E-state index >= 15 is 0 Å². The topological polar surface area (TPSA) is 36.4 Å². The largest absolute Gasteiger partial charge is 0.356 e. The second-order valence-corrected chi connectivity index (χ2v) is 6.41. The van der Waals surface area contributed by atoms with Gasteiger partial charge in [-0.3, -0.25) is 4.99 Å². The number of halogens is 3. The first-order valence-corrected chi connectivity index (χ1v) is 8.96. The van der Waals surface area contributed by atoms with E-state index in [9.17, 15) is 8.78 Å². The average molecular weight is 455 g/mol. The lowest BCUT2D eigenvalue weighted by Gasteiger charge is -2.12. The normalized spacial score (nSPS) is 19.9. The van der Waals surface area contributed by atoms with E-state index in [0.29, 0.717) is 5.96 Å². The van der Waals surface area contributed by atoms with Crippen molar-refractivity contribution < 1.29 is 8.78 Å². The molecule has 2 unspecified atom stereocenters. The molecule has 0 bridgehead atoms. The summed E-state index contributed by atoms with van der Waals surface area (Å²) < 4.78 is 27.5. The maximum atomic E-state index is 13.7. The Morgan fingerprint density at radius 2 is 2.00 bits per heavy atom. The van der Waals surface area contributed by atoms with Crippen molar-refractivity contribution in [2.45, 2.75) is 31.2 Å². The van der Waals surface area contributed by atoms with Crippen LogP contribution < -0.4 is 10.6 Å². The molecular formula is C16H24F2IN3S. The Morgan fingerprint density at radius 3 is 2.61 bits per heavy atom. The standard InChI is InChI=1S/C16H23F2N3S.HI/c1-19-16(20-8-3-4-9-22-2)21-14-10-11(14)15-12(17)6-5-7-13(15)18;/h5-7,11,14H,3-4,8-10H2,1-2H3,(H2,19,20,21);1H. The van der Waals surface area contributed by atoms with Gasteiger partial charge in [-0.2, -0.15) is 11.8 Å². The highest BCUT2D eigenvalue weighted by atomic mass is 127. The number of hydrogen-bond acceptors (Lipinski definition) is 2. The van der Waals surface area contributed by atoms with Crippen molar-refractivity contribution in [2.75, 3.05) is 25.6 Å². The zero-order valence-electron chi connectivity index (χ0n) is 13.4. The monoisotopic (exact) mass is 455 g/mol. The Balaban J connectivity index is 0.00000264. The zero-order valence-corrected chi connectivity index (χ0v) is 16.6. The first-order valence-electron chi connectivity index (χ1n) is 7.57. The van der Waals surface area contributed by atoms with E-state index < -0.39 is 11.6 Å². The van der Waals surface area contributed by atoms with Gasteiger partial charge in [0, 0.05) is 31.1 Å². The molecule has 3 nitrogen and oxygen atoms in total. The van der Waals surface area contributed by atoms with Gasteiger partial charge in [0.15, 0.2) is 5.96 Å². The molecule has 0 spiro atoms. The third kappa shape index (κ3) is 6.10. The average Bonchev–Trinajstić information content (AvgIpc) is 3.24.